The number of aromatic nitrogens is 2. The summed E-state index contributed by atoms with van der Waals surface area (Å²) in [7, 11) is 0. The van der Waals surface area contributed by atoms with Crippen LogP contribution in [-0.2, 0) is 0 Å². The number of Topliss-reactive ketones (excluding diaryl/α,β-unsaturated/α-hetero) is 1. The quantitative estimate of drug-likeness (QED) is 0.163. The average Bonchev–Trinajstić information content (AvgIpc) is 3.61. The maximum atomic E-state index is 13.7. The van der Waals surface area contributed by atoms with Crippen LogP contribution in [0.25, 0.3) is 26.7 Å². The average molecular weight is 469 g/mol. The van der Waals surface area contributed by atoms with E-state index in [0.717, 1.165) is 45.1 Å². The molecule has 0 unspecified atom stereocenters. The molecule has 4 nitrogen and oxygen atoms in total. The minimum atomic E-state index is -0.0463. The van der Waals surface area contributed by atoms with Gasteiger partial charge in [-0.2, -0.15) is 0 Å². The standard InChI is InChI=1S/C27H20N2O2S2/c30-23(20-13-10-17-6-4-5-7-19(17)14-20)16-33-27-28-25-24(22(15-32-25)18-11-12-18)26(31)29(27)21-8-2-1-3-9-21/h1-10,13-15,18H,11-12,16H2. The zero-order valence-electron chi connectivity index (χ0n) is 17.7. The van der Waals surface area contributed by atoms with Crippen LogP contribution in [-0.4, -0.2) is 21.1 Å². The fourth-order valence-electron chi connectivity index (χ4n) is 4.17. The Kier molecular flexibility index (Phi) is 5.12. The monoisotopic (exact) mass is 468 g/mol. The van der Waals surface area contributed by atoms with E-state index >= 15 is 0 Å². The zero-order chi connectivity index (χ0) is 22.4. The van der Waals surface area contributed by atoms with E-state index in [1.165, 1.54) is 23.1 Å². The Bertz CT molecular complexity index is 1570. The van der Waals surface area contributed by atoms with Gasteiger partial charge in [0.2, 0.25) is 0 Å². The minimum Gasteiger partial charge on any atom is -0.293 e. The van der Waals surface area contributed by atoms with Gasteiger partial charge in [-0.1, -0.05) is 66.4 Å². The Morgan fingerprint density at radius 3 is 2.55 bits per heavy atom. The summed E-state index contributed by atoms with van der Waals surface area (Å²) in [5.74, 6) is 0.708. The zero-order valence-corrected chi connectivity index (χ0v) is 19.4. The highest BCUT2D eigenvalue weighted by Gasteiger charge is 2.29. The molecule has 3 aromatic carbocycles. The van der Waals surface area contributed by atoms with Gasteiger partial charge in [0, 0.05) is 5.56 Å². The fourth-order valence-corrected chi connectivity index (χ4v) is 6.13. The molecular weight excluding hydrogens is 448 g/mol. The molecule has 0 radical (unpaired) electrons. The molecule has 0 saturated heterocycles. The number of benzene rings is 3. The first-order valence-corrected chi connectivity index (χ1v) is 12.8. The van der Waals surface area contributed by atoms with Gasteiger partial charge in [0.05, 0.1) is 16.8 Å². The first-order valence-electron chi connectivity index (χ1n) is 10.9. The largest absolute Gasteiger partial charge is 0.293 e. The summed E-state index contributed by atoms with van der Waals surface area (Å²) in [5, 5.41) is 5.52. The number of carbonyl (C=O) groups is 1. The lowest BCUT2D eigenvalue weighted by atomic mass is 10.1. The molecule has 0 amide bonds. The number of para-hydroxylation sites is 1. The number of fused-ring (bicyclic) bond motifs is 2. The molecule has 2 aromatic heterocycles. The first-order chi connectivity index (χ1) is 16.2. The van der Waals surface area contributed by atoms with E-state index in [1.54, 1.807) is 4.57 Å². The van der Waals surface area contributed by atoms with Gasteiger partial charge in [0.1, 0.15) is 4.83 Å². The summed E-state index contributed by atoms with van der Waals surface area (Å²) < 4.78 is 1.67. The number of carbonyl (C=O) groups excluding carboxylic acids is 1. The topological polar surface area (TPSA) is 52.0 Å². The van der Waals surface area contributed by atoms with Gasteiger partial charge in [0.15, 0.2) is 10.9 Å². The van der Waals surface area contributed by atoms with Crippen LogP contribution in [0.1, 0.15) is 34.7 Å². The van der Waals surface area contributed by atoms with Crippen molar-refractivity contribution >= 4 is 49.9 Å². The number of rotatable bonds is 6. The second-order valence-corrected chi connectivity index (χ2v) is 10.1. The van der Waals surface area contributed by atoms with Gasteiger partial charge < -0.3 is 0 Å². The molecule has 0 spiro atoms. The van der Waals surface area contributed by atoms with Crippen LogP contribution in [0.4, 0.5) is 0 Å². The van der Waals surface area contributed by atoms with Crippen LogP contribution >= 0.6 is 23.1 Å². The first kappa shape index (κ1) is 20.4. The SMILES string of the molecule is O=C(CSc1nc2scc(C3CC3)c2c(=O)n1-c1ccccc1)c1ccc2ccccc2c1. The van der Waals surface area contributed by atoms with Crippen LogP contribution in [0.2, 0.25) is 0 Å². The molecule has 0 N–H and O–H groups in total. The van der Waals surface area contributed by atoms with E-state index in [-0.39, 0.29) is 17.1 Å². The summed E-state index contributed by atoms with van der Waals surface area (Å²) in [4.78, 5) is 32.3. The van der Waals surface area contributed by atoms with E-state index in [2.05, 4.69) is 5.38 Å². The summed E-state index contributed by atoms with van der Waals surface area (Å²) in [6.07, 6.45) is 2.26. The number of nitrogens with zero attached hydrogens (tertiary/aromatic N) is 2. The predicted molar refractivity (Wildman–Crippen MR) is 136 cm³/mol. The van der Waals surface area contributed by atoms with Crippen molar-refractivity contribution in [3.8, 4) is 5.69 Å². The molecule has 162 valence electrons. The smallest absolute Gasteiger partial charge is 0.267 e. The van der Waals surface area contributed by atoms with E-state index in [9.17, 15) is 9.59 Å². The van der Waals surface area contributed by atoms with Crippen LogP contribution in [0.15, 0.2) is 88.1 Å². The van der Waals surface area contributed by atoms with E-state index in [1.807, 2.05) is 72.8 Å². The molecule has 6 heteroatoms. The molecule has 6 rings (SSSR count). The number of thioether (sulfide) groups is 1. The van der Waals surface area contributed by atoms with Crippen molar-refractivity contribution < 1.29 is 4.79 Å². The van der Waals surface area contributed by atoms with Crippen molar-refractivity contribution in [1.82, 2.24) is 9.55 Å². The maximum Gasteiger partial charge on any atom is 0.267 e. The summed E-state index contributed by atoms with van der Waals surface area (Å²) in [6.45, 7) is 0. The number of ketones is 1. The normalized spacial score (nSPS) is 13.6. The van der Waals surface area contributed by atoms with Crippen molar-refractivity contribution in [2.45, 2.75) is 23.9 Å². The van der Waals surface area contributed by atoms with Gasteiger partial charge in [-0.05, 0) is 58.7 Å². The summed E-state index contributed by atoms with van der Waals surface area (Å²) >= 11 is 2.85. The third-order valence-electron chi connectivity index (χ3n) is 6.04. The second kappa shape index (κ2) is 8.28. The second-order valence-electron chi connectivity index (χ2n) is 8.29. The third-order valence-corrected chi connectivity index (χ3v) is 7.87. The van der Waals surface area contributed by atoms with Gasteiger partial charge in [-0.15, -0.1) is 11.3 Å². The molecule has 5 aromatic rings. The van der Waals surface area contributed by atoms with Gasteiger partial charge in [-0.25, -0.2) is 4.98 Å². The van der Waals surface area contributed by atoms with Crippen LogP contribution < -0.4 is 5.56 Å². The number of hydrogen-bond acceptors (Lipinski definition) is 5. The molecule has 1 aliphatic carbocycles. The van der Waals surface area contributed by atoms with Crippen LogP contribution in [0.5, 0.6) is 0 Å². The van der Waals surface area contributed by atoms with E-state index < -0.39 is 0 Å². The summed E-state index contributed by atoms with van der Waals surface area (Å²) in [5.41, 5.74) is 2.52. The van der Waals surface area contributed by atoms with Gasteiger partial charge in [-0.3, -0.25) is 14.2 Å². The predicted octanol–water partition coefficient (Wildman–Crippen LogP) is 6.45. The molecule has 0 bridgehead atoms. The fraction of sp³-hybridized carbons (Fsp3) is 0.148. The Morgan fingerprint density at radius 2 is 1.76 bits per heavy atom. The third kappa shape index (κ3) is 3.79. The Balaban J connectivity index is 1.38. The molecule has 2 heterocycles. The lowest BCUT2D eigenvalue weighted by molar-refractivity contribution is 0.102. The molecule has 0 aliphatic heterocycles. The van der Waals surface area contributed by atoms with Crippen molar-refractivity contribution in [3.63, 3.8) is 0 Å². The van der Waals surface area contributed by atoms with Crippen molar-refractivity contribution in [2.75, 3.05) is 5.75 Å². The Morgan fingerprint density at radius 1 is 1.00 bits per heavy atom. The Labute approximate surface area is 198 Å². The van der Waals surface area contributed by atoms with Crippen LogP contribution in [0.3, 0.4) is 0 Å². The molecule has 1 saturated carbocycles. The maximum absolute atomic E-state index is 13.7. The highest BCUT2D eigenvalue weighted by Crippen LogP contribution is 2.44. The highest BCUT2D eigenvalue weighted by atomic mass is 32.2. The summed E-state index contributed by atoms with van der Waals surface area (Å²) in [6, 6.07) is 23.4. The van der Waals surface area contributed by atoms with Crippen molar-refractivity contribution in [2.24, 2.45) is 0 Å². The van der Waals surface area contributed by atoms with Crippen LogP contribution in [0, 0.1) is 0 Å². The minimum absolute atomic E-state index is 0.0181. The lowest BCUT2D eigenvalue weighted by Crippen LogP contribution is -2.22. The molecule has 0 atom stereocenters. The van der Waals surface area contributed by atoms with Crippen molar-refractivity contribution in [3.05, 3.63) is 99.7 Å². The molecular formula is C27H20N2O2S2. The lowest BCUT2D eigenvalue weighted by Gasteiger charge is -2.12. The van der Waals surface area contributed by atoms with Gasteiger partial charge in [0.25, 0.3) is 5.56 Å². The Hall–Kier alpha value is -3.22. The molecule has 1 aliphatic rings. The molecule has 1 fully saturated rings. The highest BCUT2D eigenvalue weighted by molar-refractivity contribution is 7.99. The van der Waals surface area contributed by atoms with E-state index in [4.69, 9.17) is 4.98 Å². The number of hydrogen-bond donors (Lipinski definition) is 0. The van der Waals surface area contributed by atoms with Crippen molar-refractivity contribution in [1.29, 1.82) is 0 Å². The number of thiophene rings is 1. The molecule has 33 heavy (non-hydrogen) atoms. The van der Waals surface area contributed by atoms with Gasteiger partial charge >= 0.3 is 0 Å². The van der Waals surface area contributed by atoms with E-state index in [0.29, 0.717) is 16.6 Å².